The van der Waals surface area contributed by atoms with Crippen molar-refractivity contribution in [3.8, 4) is 0 Å². The minimum absolute atomic E-state index is 0.426. The molecule has 2 aromatic heterocycles. The number of hydrogen-bond acceptors (Lipinski definition) is 5. The molecule has 1 aliphatic rings. The Morgan fingerprint density at radius 2 is 2.05 bits per heavy atom. The molecule has 5 heteroatoms. The minimum Gasteiger partial charge on any atom is -0.440 e. The van der Waals surface area contributed by atoms with Crippen molar-refractivity contribution in [2.45, 2.75) is 25.7 Å². The van der Waals surface area contributed by atoms with E-state index in [1.165, 1.54) is 4.88 Å². The Morgan fingerprint density at radius 3 is 2.76 bits per heavy atom. The van der Waals surface area contributed by atoms with Gasteiger partial charge in [0.25, 0.3) is 0 Å². The van der Waals surface area contributed by atoms with Crippen LogP contribution in [0.5, 0.6) is 0 Å². The molecule has 1 aromatic carbocycles. The van der Waals surface area contributed by atoms with Gasteiger partial charge < -0.3 is 9.32 Å². The van der Waals surface area contributed by atoms with Crippen LogP contribution in [0.2, 0.25) is 0 Å². The average Bonchev–Trinajstić information content (AvgIpc) is 3.13. The van der Waals surface area contributed by atoms with Crippen molar-refractivity contribution in [3.63, 3.8) is 0 Å². The van der Waals surface area contributed by atoms with Crippen LogP contribution in [0, 0.1) is 6.92 Å². The summed E-state index contributed by atoms with van der Waals surface area (Å²) >= 11 is 1.77. The van der Waals surface area contributed by atoms with Gasteiger partial charge >= 0.3 is 0 Å². The zero-order chi connectivity index (χ0) is 14.2. The molecule has 21 heavy (non-hydrogen) atoms. The number of anilines is 1. The van der Waals surface area contributed by atoms with Gasteiger partial charge in [0.05, 0.1) is 0 Å². The third-order valence-corrected chi connectivity index (χ3v) is 5.01. The predicted molar refractivity (Wildman–Crippen MR) is 85.0 cm³/mol. The van der Waals surface area contributed by atoms with Crippen molar-refractivity contribution in [1.82, 2.24) is 9.97 Å². The summed E-state index contributed by atoms with van der Waals surface area (Å²) in [4.78, 5) is 12.8. The number of nitrogens with zero attached hydrogens (tertiary/aromatic N) is 3. The van der Waals surface area contributed by atoms with Crippen LogP contribution in [-0.2, 0) is 0 Å². The second-order valence-electron chi connectivity index (χ2n) is 5.53. The Labute approximate surface area is 127 Å². The van der Waals surface area contributed by atoms with E-state index < -0.39 is 0 Å². The quantitative estimate of drug-likeness (QED) is 0.718. The number of benzene rings is 1. The Balaban J connectivity index is 1.49. The first-order chi connectivity index (χ1) is 10.3. The summed E-state index contributed by atoms with van der Waals surface area (Å²) in [5, 5.41) is 1.14. The van der Waals surface area contributed by atoms with Crippen LogP contribution in [-0.4, -0.2) is 23.1 Å². The number of thiazole rings is 1. The molecule has 0 N–H and O–H groups in total. The molecule has 4 nitrogen and oxygen atoms in total. The highest BCUT2D eigenvalue weighted by atomic mass is 32.1. The Hall–Kier alpha value is -1.88. The van der Waals surface area contributed by atoms with Gasteiger partial charge in [-0.05, 0) is 31.9 Å². The molecule has 0 amide bonds. The van der Waals surface area contributed by atoms with Crippen LogP contribution < -0.4 is 4.90 Å². The zero-order valence-corrected chi connectivity index (χ0v) is 12.8. The lowest BCUT2D eigenvalue weighted by atomic mass is 9.97. The van der Waals surface area contributed by atoms with E-state index in [0.29, 0.717) is 5.92 Å². The second-order valence-corrected chi connectivity index (χ2v) is 6.75. The Morgan fingerprint density at radius 1 is 1.24 bits per heavy atom. The number of oxazole rings is 1. The number of aryl methyl sites for hydroxylation is 1. The summed E-state index contributed by atoms with van der Waals surface area (Å²) in [5.41, 5.74) is 1.86. The molecule has 1 fully saturated rings. The highest BCUT2D eigenvalue weighted by Crippen LogP contribution is 2.32. The van der Waals surface area contributed by atoms with Gasteiger partial charge in [-0.1, -0.05) is 12.1 Å². The molecule has 0 aliphatic carbocycles. The molecule has 4 rings (SSSR count). The molecular formula is C16H17N3OS. The number of fused-ring (bicyclic) bond motifs is 1. The fraction of sp³-hybridized carbons (Fsp3) is 0.375. The van der Waals surface area contributed by atoms with Gasteiger partial charge in [0.1, 0.15) is 5.52 Å². The molecule has 0 atom stereocenters. The largest absolute Gasteiger partial charge is 0.440 e. The summed E-state index contributed by atoms with van der Waals surface area (Å²) in [7, 11) is 0. The average molecular weight is 299 g/mol. The fourth-order valence-corrected chi connectivity index (χ4v) is 3.68. The minimum atomic E-state index is 0.426. The molecule has 0 saturated carbocycles. The van der Waals surface area contributed by atoms with E-state index >= 15 is 0 Å². The molecule has 3 aromatic rings. The maximum absolute atomic E-state index is 5.91. The summed E-state index contributed by atoms with van der Waals surface area (Å²) < 4.78 is 5.91. The molecule has 0 spiro atoms. The van der Waals surface area contributed by atoms with Gasteiger partial charge in [0, 0.05) is 30.1 Å². The second kappa shape index (κ2) is 5.15. The molecule has 108 valence electrons. The smallest absolute Gasteiger partial charge is 0.198 e. The van der Waals surface area contributed by atoms with E-state index in [2.05, 4.69) is 21.8 Å². The number of hydrogen-bond donors (Lipinski definition) is 0. The van der Waals surface area contributed by atoms with Crippen molar-refractivity contribution >= 4 is 27.6 Å². The van der Waals surface area contributed by atoms with Crippen molar-refractivity contribution in [2.24, 2.45) is 0 Å². The van der Waals surface area contributed by atoms with E-state index in [0.717, 1.165) is 48.1 Å². The lowest BCUT2D eigenvalue weighted by Crippen LogP contribution is -2.32. The summed E-state index contributed by atoms with van der Waals surface area (Å²) in [5.74, 6) is 1.32. The van der Waals surface area contributed by atoms with Gasteiger partial charge in [-0.2, -0.15) is 0 Å². The molecule has 0 radical (unpaired) electrons. The first-order valence-corrected chi connectivity index (χ1v) is 8.14. The number of para-hydroxylation sites is 2. The van der Waals surface area contributed by atoms with Crippen molar-refractivity contribution in [2.75, 3.05) is 18.0 Å². The van der Waals surface area contributed by atoms with Crippen LogP contribution >= 0.6 is 11.3 Å². The maximum Gasteiger partial charge on any atom is 0.198 e. The van der Waals surface area contributed by atoms with Crippen LogP contribution in [0.4, 0.5) is 5.13 Å². The summed E-state index contributed by atoms with van der Waals surface area (Å²) in [6.45, 7) is 4.15. The first kappa shape index (κ1) is 12.8. The van der Waals surface area contributed by atoms with E-state index in [9.17, 15) is 0 Å². The highest BCUT2D eigenvalue weighted by Gasteiger charge is 2.25. The van der Waals surface area contributed by atoms with Crippen molar-refractivity contribution < 1.29 is 4.42 Å². The van der Waals surface area contributed by atoms with Gasteiger partial charge in [-0.15, -0.1) is 11.3 Å². The van der Waals surface area contributed by atoms with Gasteiger partial charge in [0.15, 0.2) is 16.6 Å². The predicted octanol–water partition coefficient (Wildman–Crippen LogP) is 3.98. The van der Waals surface area contributed by atoms with E-state index in [4.69, 9.17) is 4.42 Å². The normalized spacial score (nSPS) is 16.7. The molecule has 0 bridgehead atoms. The number of rotatable bonds is 2. The number of piperidine rings is 1. The summed E-state index contributed by atoms with van der Waals surface area (Å²) in [6, 6.07) is 7.99. The number of aromatic nitrogens is 2. The monoisotopic (exact) mass is 299 g/mol. The first-order valence-electron chi connectivity index (χ1n) is 7.32. The lowest BCUT2D eigenvalue weighted by Gasteiger charge is -2.30. The van der Waals surface area contributed by atoms with Crippen LogP contribution in [0.3, 0.4) is 0 Å². The molecular weight excluding hydrogens is 282 g/mol. The lowest BCUT2D eigenvalue weighted by molar-refractivity contribution is 0.407. The zero-order valence-electron chi connectivity index (χ0n) is 12.0. The van der Waals surface area contributed by atoms with Gasteiger partial charge in [-0.3, -0.25) is 0 Å². The van der Waals surface area contributed by atoms with E-state index in [-0.39, 0.29) is 0 Å². The Bertz CT molecular complexity index is 723. The summed E-state index contributed by atoms with van der Waals surface area (Å²) in [6.07, 6.45) is 4.10. The van der Waals surface area contributed by atoms with Crippen molar-refractivity contribution in [3.05, 3.63) is 41.2 Å². The third-order valence-electron chi connectivity index (χ3n) is 4.03. The van der Waals surface area contributed by atoms with Crippen LogP contribution in [0.1, 0.15) is 29.5 Å². The topological polar surface area (TPSA) is 42.2 Å². The molecule has 1 aliphatic heterocycles. The van der Waals surface area contributed by atoms with Gasteiger partial charge in [0.2, 0.25) is 0 Å². The molecule has 3 heterocycles. The van der Waals surface area contributed by atoms with E-state index in [1.807, 2.05) is 30.5 Å². The highest BCUT2D eigenvalue weighted by molar-refractivity contribution is 7.15. The van der Waals surface area contributed by atoms with Crippen molar-refractivity contribution in [1.29, 1.82) is 0 Å². The fourth-order valence-electron chi connectivity index (χ4n) is 2.87. The third kappa shape index (κ3) is 2.42. The van der Waals surface area contributed by atoms with Crippen LogP contribution in [0.15, 0.2) is 34.9 Å². The standard InChI is InChI=1S/C16H17N3OS/c1-11-10-17-16(21-11)19-8-6-12(7-9-19)15-18-13-4-2-3-5-14(13)20-15/h2-5,10,12H,6-9H2,1H3. The Kier molecular flexibility index (Phi) is 3.15. The maximum atomic E-state index is 5.91. The SMILES string of the molecule is Cc1cnc(N2CCC(c3nc4ccccc4o3)CC2)s1. The molecule has 1 saturated heterocycles. The van der Waals surface area contributed by atoms with Crippen LogP contribution in [0.25, 0.3) is 11.1 Å². The molecule has 0 unspecified atom stereocenters. The van der Waals surface area contributed by atoms with E-state index in [1.54, 1.807) is 11.3 Å². The van der Waals surface area contributed by atoms with Gasteiger partial charge in [-0.25, -0.2) is 9.97 Å².